The molecule has 0 spiro atoms. The van der Waals surface area contributed by atoms with Gasteiger partial charge >= 0.3 is 5.97 Å². The van der Waals surface area contributed by atoms with E-state index in [-0.39, 0.29) is 0 Å². The molecule has 0 unspecified atom stereocenters. The van der Waals surface area contributed by atoms with Crippen LogP contribution in [0.2, 0.25) is 0 Å². The maximum absolute atomic E-state index is 9.04. The molecule has 8 nitrogen and oxygen atoms in total. The molecule has 28 heavy (non-hydrogen) atoms. The summed E-state index contributed by atoms with van der Waals surface area (Å²) in [6.07, 6.45) is 3.57. The summed E-state index contributed by atoms with van der Waals surface area (Å²) >= 11 is 0. The lowest BCUT2D eigenvalue weighted by atomic mass is 10.0. The van der Waals surface area contributed by atoms with Crippen LogP contribution in [0, 0.1) is 0 Å². The number of pyridine rings is 1. The molecular formula is C20H25N3O5. The molecule has 2 N–H and O–H groups in total. The van der Waals surface area contributed by atoms with Crippen LogP contribution >= 0.6 is 0 Å². The van der Waals surface area contributed by atoms with Gasteiger partial charge in [-0.3, -0.25) is 4.98 Å². The van der Waals surface area contributed by atoms with Crippen molar-refractivity contribution in [3.63, 3.8) is 0 Å². The third-order valence-corrected chi connectivity index (χ3v) is 3.86. The smallest absolute Gasteiger partial charge is 0.351 e. The van der Waals surface area contributed by atoms with Gasteiger partial charge in [0.25, 0.3) is 0 Å². The van der Waals surface area contributed by atoms with Crippen molar-refractivity contribution < 1.29 is 29.5 Å². The zero-order valence-corrected chi connectivity index (χ0v) is 16.0. The second kappa shape index (κ2) is 13.0. The summed E-state index contributed by atoms with van der Waals surface area (Å²) in [6.45, 7) is 8.18. The van der Waals surface area contributed by atoms with E-state index in [1.165, 1.54) is 4.90 Å². The van der Waals surface area contributed by atoms with Gasteiger partial charge in [0.1, 0.15) is 12.3 Å². The SMILES string of the molecule is CC[NH+](CC)CCO/N=C(/c1ccccc1)c1cccnc1.O=C([O-])C(=O)O. The lowest BCUT2D eigenvalue weighted by Crippen LogP contribution is -3.11. The van der Waals surface area contributed by atoms with Crippen LogP contribution in [0.3, 0.4) is 0 Å². The van der Waals surface area contributed by atoms with Gasteiger partial charge in [0.2, 0.25) is 0 Å². The van der Waals surface area contributed by atoms with E-state index < -0.39 is 11.9 Å². The van der Waals surface area contributed by atoms with Crippen molar-refractivity contribution in [3.05, 3.63) is 66.0 Å². The molecule has 2 aromatic rings. The average molecular weight is 387 g/mol. The molecule has 0 saturated carbocycles. The van der Waals surface area contributed by atoms with Crippen LogP contribution in [0.15, 0.2) is 60.0 Å². The molecule has 1 aromatic carbocycles. The summed E-state index contributed by atoms with van der Waals surface area (Å²) < 4.78 is 0. The van der Waals surface area contributed by atoms with Gasteiger partial charge in [0, 0.05) is 23.5 Å². The number of carbonyl (C=O) groups is 2. The molecular weight excluding hydrogens is 362 g/mol. The Morgan fingerprint density at radius 1 is 1.11 bits per heavy atom. The number of oxime groups is 1. The fourth-order valence-corrected chi connectivity index (χ4v) is 2.27. The van der Waals surface area contributed by atoms with E-state index >= 15 is 0 Å². The number of aliphatic carboxylic acids is 2. The number of nitrogens with one attached hydrogen (secondary N) is 1. The Bertz CT molecular complexity index is 693. The zero-order chi connectivity index (χ0) is 20.8. The minimum atomic E-state index is -2.07. The summed E-state index contributed by atoms with van der Waals surface area (Å²) in [4.78, 5) is 29.3. The normalized spacial score (nSPS) is 10.8. The molecule has 0 bridgehead atoms. The lowest BCUT2D eigenvalue weighted by Gasteiger charge is -2.14. The number of carboxylic acid groups (broad SMARTS) is 2. The molecule has 0 radical (unpaired) electrons. The van der Waals surface area contributed by atoms with Crippen molar-refractivity contribution >= 4 is 17.7 Å². The highest BCUT2D eigenvalue weighted by molar-refractivity contribution is 6.26. The van der Waals surface area contributed by atoms with E-state index in [1.54, 1.807) is 6.20 Å². The Hall–Kier alpha value is -3.26. The maximum atomic E-state index is 9.04. The van der Waals surface area contributed by atoms with Crippen LogP contribution in [-0.2, 0) is 14.4 Å². The Balaban J connectivity index is 0.000000568. The van der Waals surface area contributed by atoms with Gasteiger partial charge in [0.15, 0.2) is 12.6 Å². The number of nitrogens with zero attached hydrogens (tertiary/aromatic N) is 2. The van der Waals surface area contributed by atoms with E-state index in [0.717, 1.165) is 36.5 Å². The minimum absolute atomic E-state index is 0.619. The van der Waals surface area contributed by atoms with Crippen molar-refractivity contribution in [2.75, 3.05) is 26.2 Å². The third-order valence-electron chi connectivity index (χ3n) is 3.86. The van der Waals surface area contributed by atoms with Crippen molar-refractivity contribution in [1.82, 2.24) is 4.98 Å². The number of hydrogen-bond acceptors (Lipinski definition) is 6. The number of aromatic nitrogens is 1. The molecule has 1 aromatic heterocycles. The Morgan fingerprint density at radius 3 is 2.21 bits per heavy atom. The van der Waals surface area contributed by atoms with Crippen LogP contribution in [-0.4, -0.2) is 54.0 Å². The van der Waals surface area contributed by atoms with E-state index in [4.69, 9.17) is 24.6 Å². The second-order valence-electron chi connectivity index (χ2n) is 5.68. The fraction of sp³-hybridized carbons (Fsp3) is 0.300. The first kappa shape index (κ1) is 22.8. The number of rotatable bonds is 8. The molecule has 0 aliphatic rings. The highest BCUT2D eigenvalue weighted by Gasteiger charge is 2.08. The van der Waals surface area contributed by atoms with Gasteiger partial charge in [0.05, 0.1) is 13.1 Å². The number of hydrogen-bond donors (Lipinski definition) is 2. The molecule has 2 rings (SSSR count). The van der Waals surface area contributed by atoms with Crippen molar-refractivity contribution in [1.29, 1.82) is 0 Å². The Labute approximate surface area is 164 Å². The third kappa shape index (κ3) is 8.41. The standard InChI is InChI=1S/C18H23N3O.C2H2O4/c1-3-21(4-2)13-14-22-20-18(16-9-6-5-7-10-16)17-11-8-12-19-15-17;3-1(4)2(5)6/h5-12,15H,3-4,13-14H2,1-2H3;(H,3,4)(H,5,6)/b20-18-;. The van der Waals surface area contributed by atoms with E-state index in [9.17, 15) is 0 Å². The van der Waals surface area contributed by atoms with Crippen LogP contribution in [0.1, 0.15) is 25.0 Å². The Morgan fingerprint density at radius 2 is 1.71 bits per heavy atom. The van der Waals surface area contributed by atoms with E-state index in [2.05, 4.69) is 24.0 Å². The summed E-state index contributed by atoms with van der Waals surface area (Å²) in [6, 6.07) is 14.0. The van der Waals surface area contributed by atoms with E-state index in [1.807, 2.05) is 48.7 Å². The maximum Gasteiger partial charge on any atom is 0.351 e. The number of carboxylic acids is 2. The van der Waals surface area contributed by atoms with Crippen LogP contribution < -0.4 is 10.0 Å². The van der Waals surface area contributed by atoms with Gasteiger partial charge in [-0.25, -0.2) is 4.79 Å². The molecule has 0 atom stereocenters. The van der Waals surface area contributed by atoms with Gasteiger partial charge in [-0.05, 0) is 26.0 Å². The van der Waals surface area contributed by atoms with Crippen LogP contribution in [0.25, 0.3) is 0 Å². The molecule has 0 fully saturated rings. The highest BCUT2D eigenvalue weighted by Crippen LogP contribution is 2.10. The number of carbonyl (C=O) groups excluding carboxylic acids is 1. The van der Waals surface area contributed by atoms with Crippen LogP contribution in [0.4, 0.5) is 0 Å². The molecule has 8 heteroatoms. The van der Waals surface area contributed by atoms with Crippen molar-refractivity contribution in [2.24, 2.45) is 5.16 Å². The molecule has 1 heterocycles. The van der Waals surface area contributed by atoms with Crippen molar-refractivity contribution in [3.8, 4) is 0 Å². The quantitative estimate of drug-likeness (QED) is 0.275. The fourth-order valence-electron chi connectivity index (χ4n) is 2.27. The Kier molecular flexibility index (Phi) is 10.6. The summed E-state index contributed by atoms with van der Waals surface area (Å²) in [5.41, 5.74) is 2.82. The predicted molar refractivity (Wildman–Crippen MR) is 102 cm³/mol. The summed E-state index contributed by atoms with van der Waals surface area (Å²) in [5, 5.41) is 20.7. The van der Waals surface area contributed by atoms with Gasteiger partial charge < -0.3 is 24.7 Å². The first-order chi connectivity index (χ1) is 13.5. The topological polar surface area (TPSA) is 116 Å². The first-order valence-corrected chi connectivity index (χ1v) is 8.93. The molecule has 0 saturated heterocycles. The second-order valence-corrected chi connectivity index (χ2v) is 5.68. The zero-order valence-electron chi connectivity index (χ0n) is 16.0. The predicted octanol–water partition coefficient (Wildman–Crippen LogP) is -0.404. The number of quaternary nitrogens is 1. The van der Waals surface area contributed by atoms with Crippen LogP contribution in [0.5, 0.6) is 0 Å². The summed E-state index contributed by atoms with van der Waals surface area (Å²) in [5.74, 6) is -4.01. The summed E-state index contributed by atoms with van der Waals surface area (Å²) in [7, 11) is 0. The molecule has 0 aliphatic heterocycles. The van der Waals surface area contributed by atoms with Crippen molar-refractivity contribution in [2.45, 2.75) is 13.8 Å². The number of benzene rings is 1. The minimum Gasteiger partial charge on any atom is -0.539 e. The largest absolute Gasteiger partial charge is 0.539 e. The monoisotopic (exact) mass is 387 g/mol. The molecule has 0 aliphatic carbocycles. The van der Waals surface area contributed by atoms with Gasteiger partial charge in [-0.2, -0.15) is 0 Å². The van der Waals surface area contributed by atoms with Gasteiger partial charge in [-0.15, -0.1) is 0 Å². The lowest BCUT2D eigenvalue weighted by molar-refractivity contribution is -0.896. The highest BCUT2D eigenvalue weighted by atomic mass is 16.6. The average Bonchev–Trinajstić information content (AvgIpc) is 2.72. The number of likely N-dealkylation sites (N-methyl/N-ethyl adjacent to an activating group) is 1. The first-order valence-electron chi connectivity index (χ1n) is 8.93. The molecule has 150 valence electrons. The van der Waals surface area contributed by atoms with Gasteiger partial charge in [-0.1, -0.05) is 35.5 Å². The van der Waals surface area contributed by atoms with E-state index in [0.29, 0.717) is 6.61 Å². The molecule has 0 amide bonds.